The third-order valence-corrected chi connectivity index (χ3v) is 4.75. The molecule has 0 aliphatic carbocycles. The molecule has 2 aromatic rings. The van der Waals surface area contributed by atoms with Crippen molar-refractivity contribution in [3.8, 4) is 0 Å². The van der Waals surface area contributed by atoms with Gasteiger partial charge in [0, 0.05) is 20.6 Å². The summed E-state index contributed by atoms with van der Waals surface area (Å²) in [5.41, 5.74) is 8.19. The summed E-state index contributed by atoms with van der Waals surface area (Å²) in [5, 5.41) is 1.11. The van der Waals surface area contributed by atoms with Crippen molar-refractivity contribution in [2.45, 2.75) is 17.6 Å². The summed E-state index contributed by atoms with van der Waals surface area (Å²) in [5.74, 6) is 0.360. The molecule has 2 aromatic carbocycles. The Balaban J connectivity index is 2.23. The number of hydrogen-bond acceptors (Lipinski definition) is 2. The molecule has 0 spiro atoms. The minimum absolute atomic E-state index is 0.360. The zero-order chi connectivity index (χ0) is 14.0. The molecule has 2 N–H and O–H groups in total. The summed E-state index contributed by atoms with van der Waals surface area (Å²) < 4.78 is 12.3. The van der Waals surface area contributed by atoms with Crippen LogP contribution >= 0.6 is 23.2 Å². The number of nitrogens with two attached hydrogens (primary N) is 1. The van der Waals surface area contributed by atoms with Gasteiger partial charge in [-0.15, -0.1) is 0 Å². The first-order chi connectivity index (χ1) is 8.97. The Kier molecular flexibility index (Phi) is 4.50. The smallest absolute Gasteiger partial charge is 0.0574 e. The van der Waals surface area contributed by atoms with E-state index < -0.39 is 10.8 Å². The predicted molar refractivity (Wildman–Crippen MR) is 82.2 cm³/mol. The highest BCUT2D eigenvalue weighted by molar-refractivity contribution is 7.84. The molecule has 100 valence electrons. The van der Waals surface area contributed by atoms with Gasteiger partial charge in [0.2, 0.25) is 0 Å². The van der Waals surface area contributed by atoms with Gasteiger partial charge < -0.3 is 5.73 Å². The summed E-state index contributed by atoms with van der Waals surface area (Å²) in [6.45, 7) is 1.89. The average Bonchev–Trinajstić information content (AvgIpc) is 2.36. The highest BCUT2D eigenvalue weighted by Gasteiger charge is 2.09. The van der Waals surface area contributed by atoms with Crippen molar-refractivity contribution < 1.29 is 4.21 Å². The molecule has 1 atom stereocenters. The van der Waals surface area contributed by atoms with Crippen LogP contribution in [-0.4, -0.2) is 4.21 Å². The maximum atomic E-state index is 12.3. The quantitative estimate of drug-likeness (QED) is 0.863. The lowest BCUT2D eigenvalue weighted by Crippen LogP contribution is -1.99. The molecule has 0 heterocycles. The molecule has 0 bridgehead atoms. The van der Waals surface area contributed by atoms with Gasteiger partial charge in [0.25, 0.3) is 0 Å². The van der Waals surface area contributed by atoms with Crippen molar-refractivity contribution in [2.24, 2.45) is 0 Å². The van der Waals surface area contributed by atoms with E-state index in [2.05, 4.69) is 0 Å². The Morgan fingerprint density at radius 2 is 1.89 bits per heavy atom. The summed E-state index contributed by atoms with van der Waals surface area (Å²) in [6.07, 6.45) is 0. The van der Waals surface area contributed by atoms with E-state index >= 15 is 0 Å². The molecule has 19 heavy (non-hydrogen) atoms. The van der Waals surface area contributed by atoms with Crippen LogP contribution in [0.1, 0.15) is 11.1 Å². The van der Waals surface area contributed by atoms with E-state index in [1.54, 1.807) is 30.3 Å². The number of anilines is 1. The standard InChI is InChI=1S/C14H13Cl2NOS/c1-9-6-12(4-5-14(9)17)19(18)8-10-2-3-11(15)7-13(10)16/h2-7H,8,17H2,1H3. The van der Waals surface area contributed by atoms with Crippen molar-refractivity contribution in [3.63, 3.8) is 0 Å². The fraction of sp³-hybridized carbons (Fsp3) is 0.143. The second kappa shape index (κ2) is 5.95. The molecule has 0 aliphatic heterocycles. The Hall–Kier alpha value is -1.03. The van der Waals surface area contributed by atoms with Crippen molar-refractivity contribution >= 4 is 39.7 Å². The minimum Gasteiger partial charge on any atom is -0.399 e. The maximum Gasteiger partial charge on any atom is 0.0574 e. The first-order valence-electron chi connectivity index (χ1n) is 5.66. The van der Waals surface area contributed by atoms with Crippen molar-refractivity contribution in [3.05, 3.63) is 57.6 Å². The minimum atomic E-state index is -1.15. The fourth-order valence-electron chi connectivity index (χ4n) is 1.65. The van der Waals surface area contributed by atoms with Crippen LogP contribution in [0, 0.1) is 6.92 Å². The van der Waals surface area contributed by atoms with Gasteiger partial charge in [-0.05, 0) is 48.4 Å². The third kappa shape index (κ3) is 3.50. The van der Waals surface area contributed by atoms with E-state index in [1.807, 2.05) is 13.0 Å². The van der Waals surface area contributed by atoms with Crippen LogP contribution in [0.5, 0.6) is 0 Å². The van der Waals surface area contributed by atoms with Crippen LogP contribution in [0.25, 0.3) is 0 Å². The van der Waals surface area contributed by atoms with E-state index in [0.29, 0.717) is 21.5 Å². The van der Waals surface area contributed by atoms with E-state index in [1.165, 1.54) is 0 Å². The number of halogens is 2. The molecule has 0 amide bonds. The molecule has 5 heteroatoms. The number of rotatable bonds is 3. The van der Waals surface area contributed by atoms with Crippen LogP contribution in [0.2, 0.25) is 10.0 Å². The summed E-state index contributed by atoms with van der Waals surface area (Å²) in [7, 11) is -1.15. The highest BCUT2D eigenvalue weighted by atomic mass is 35.5. The van der Waals surface area contributed by atoms with Gasteiger partial charge >= 0.3 is 0 Å². The molecular formula is C14H13Cl2NOS. The normalized spacial score (nSPS) is 12.4. The largest absolute Gasteiger partial charge is 0.399 e. The van der Waals surface area contributed by atoms with Crippen molar-refractivity contribution in [2.75, 3.05) is 5.73 Å². The SMILES string of the molecule is Cc1cc(S(=O)Cc2ccc(Cl)cc2Cl)ccc1N. The average molecular weight is 314 g/mol. The molecule has 2 rings (SSSR count). The molecule has 0 fully saturated rings. The van der Waals surface area contributed by atoms with E-state index in [0.717, 1.165) is 16.0 Å². The number of benzene rings is 2. The second-order valence-electron chi connectivity index (χ2n) is 4.24. The van der Waals surface area contributed by atoms with Crippen LogP contribution < -0.4 is 5.73 Å². The Labute approximate surface area is 125 Å². The lowest BCUT2D eigenvalue weighted by atomic mass is 10.2. The van der Waals surface area contributed by atoms with Gasteiger partial charge in [-0.2, -0.15) is 0 Å². The number of hydrogen-bond donors (Lipinski definition) is 1. The van der Waals surface area contributed by atoms with E-state index in [-0.39, 0.29) is 0 Å². The molecule has 0 saturated heterocycles. The van der Waals surface area contributed by atoms with Crippen LogP contribution in [0.4, 0.5) is 5.69 Å². The Morgan fingerprint density at radius 3 is 2.53 bits per heavy atom. The van der Waals surface area contributed by atoms with Gasteiger partial charge in [-0.1, -0.05) is 29.3 Å². The molecule has 0 aliphatic rings. The lowest BCUT2D eigenvalue weighted by Gasteiger charge is -2.07. The molecule has 0 aromatic heterocycles. The van der Waals surface area contributed by atoms with Crippen molar-refractivity contribution in [1.29, 1.82) is 0 Å². The van der Waals surface area contributed by atoms with Gasteiger partial charge in [0.05, 0.1) is 16.6 Å². The molecule has 2 nitrogen and oxygen atoms in total. The highest BCUT2D eigenvalue weighted by Crippen LogP contribution is 2.24. The fourth-order valence-corrected chi connectivity index (χ4v) is 3.44. The van der Waals surface area contributed by atoms with Crippen molar-refractivity contribution in [1.82, 2.24) is 0 Å². The summed E-state index contributed by atoms with van der Waals surface area (Å²) in [6, 6.07) is 10.6. The van der Waals surface area contributed by atoms with E-state index in [4.69, 9.17) is 28.9 Å². The monoisotopic (exact) mass is 313 g/mol. The predicted octanol–water partition coefficient (Wildman–Crippen LogP) is 4.19. The number of aryl methyl sites for hydroxylation is 1. The first kappa shape index (κ1) is 14.4. The third-order valence-electron chi connectivity index (χ3n) is 2.81. The molecular weight excluding hydrogens is 301 g/mol. The van der Waals surface area contributed by atoms with E-state index in [9.17, 15) is 4.21 Å². The zero-order valence-electron chi connectivity index (χ0n) is 10.3. The molecule has 1 unspecified atom stereocenters. The zero-order valence-corrected chi connectivity index (χ0v) is 12.6. The lowest BCUT2D eigenvalue weighted by molar-refractivity contribution is 0.682. The number of nitrogen functional groups attached to an aromatic ring is 1. The second-order valence-corrected chi connectivity index (χ2v) is 6.54. The molecule has 0 saturated carbocycles. The molecule has 0 radical (unpaired) electrons. The summed E-state index contributed by atoms with van der Waals surface area (Å²) in [4.78, 5) is 0.748. The Bertz CT molecular complexity index is 643. The van der Waals surface area contributed by atoms with Gasteiger partial charge in [0.1, 0.15) is 0 Å². The van der Waals surface area contributed by atoms with Crippen LogP contribution in [-0.2, 0) is 16.6 Å². The van der Waals surface area contributed by atoms with Gasteiger partial charge in [0.15, 0.2) is 0 Å². The maximum absolute atomic E-state index is 12.3. The van der Waals surface area contributed by atoms with Gasteiger partial charge in [-0.25, -0.2) is 0 Å². The van der Waals surface area contributed by atoms with Crippen LogP contribution in [0.15, 0.2) is 41.3 Å². The van der Waals surface area contributed by atoms with Crippen LogP contribution in [0.3, 0.4) is 0 Å². The Morgan fingerprint density at radius 1 is 1.16 bits per heavy atom. The first-order valence-corrected chi connectivity index (χ1v) is 7.73. The van der Waals surface area contributed by atoms with Gasteiger partial charge in [-0.3, -0.25) is 4.21 Å². The topological polar surface area (TPSA) is 43.1 Å². The summed E-state index contributed by atoms with van der Waals surface area (Å²) >= 11 is 11.9.